The number of carbonyl (C=O) groups is 2. The second kappa shape index (κ2) is 8.59. The summed E-state index contributed by atoms with van der Waals surface area (Å²) >= 11 is 0. The monoisotopic (exact) mass is 380 g/mol. The Balaban J connectivity index is 1.43. The average Bonchev–Trinajstić information content (AvgIpc) is 2.98. The van der Waals surface area contributed by atoms with Crippen molar-refractivity contribution >= 4 is 11.8 Å². The van der Waals surface area contributed by atoms with Gasteiger partial charge in [-0.05, 0) is 62.6 Å². The van der Waals surface area contributed by atoms with Gasteiger partial charge in [0.15, 0.2) is 0 Å². The molecule has 0 spiro atoms. The van der Waals surface area contributed by atoms with Gasteiger partial charge in [0.05, 0.1) is 12.2 Å². The summed E-state index contributed by atoms with van der Waals surface area (Å²) in [6.45, 7) is 1.05. The van der Waals surface area contributed by atoms with Gasteiger partial charge in [0.25, 0.3) is 5.91 Å². The van der Waals surface area contributed by atoms with E-state index in [1.807, 2.05) is 30.3 Å². The molecule has 2 heterocycles. The highest BCUT2D eigenvalue weighted by Gasteiger charge is 2.32. The fraction of sp³-hybridized carbons (Fsp3) is 0.500. The summed E-state index contributed by atoms with van der Waals surface area (Å²) in [5, 5.41) is 10.6. The van der Waals surface area contributed by atoms with E-state index in [4.69, 9.17) is 0 Å². The van der Waals surface area contributed by atoms with Crippen molar-refractivity contribution in [3.63, 3.8) is 0 Å². The van der Waals surface area contributed by atoms with Crippen LogP contribution in [0.1, 0.15) is 65.8 Å². The summed E-state index contributed by atoms with van der Waals surface area (Å²) in [6.07, 6.45) is 8.30. The first-order valence-corrected chi connectivity index (χ1v) is 10.4. The predicted octanol–water partition coefficient (Wildman–Crippen LogP) is 2.99. The van der Waals surface area contributed by atoms with Crippen molar-refractivity contribution in [2.75, 3.05) is 6.54 Å². The Morgan fingerprint density at radius 2 is 1.89 bits per heavy atom. The van der Waals surface area contributed by atoms with E-state index in [0.717, 1.165) is 31.4 Å². The smallest absolute Gasteiger partial charge is 0.254 e. The molecule has 1 aromatic carbocycles. The molecule has 1 fully saturated rings. The van der Waals surface area contributed by atoms with Crippen LogP contribution in [-0.4, -0.2) is 39.5 Å². The second-order valence-electron chi connectivity index (χ2n) is 7.78. The molecule has 2 amide bonds. The number of nitrogens with one attached hydrogen (secondary N) is 2. The van der Waals surface area contributed by atoms with Gasteiger partial charge in [0.1, 0.15) is 6.04 Å². The summed E-state index contributed by atoms with van der Waals surface area (Å²) in [7, 11) is 0. The standard InChI is InChI=1S/C22H28N4O2/c27-21(23-15-19-17-11-5-2-6-12-18(17)24-25-19)20-13-7-8-14-26(20)22(28)16-9-3-1-4-10-16/h1,3-4,9-10,20H,2,5-8,11-15H2,(H,23,27)(H,24,25)/t20-/m0/s1. The fourth-order valence-electron chi connectivity index (χ4n) is 4.36. The molecule has 1 aliphatic heterocycles. The molecule has 0 unspecified atom stereocenters. The molecule has 2 aliphatic rings. The molecule has 6 heteroatoms. The Bertz CT molecular complexity index is 830. The Morgan fingerprint density at radius 3 is 2.75 bits per heavy atom. The largest absolute Gasteiger partial charge is 0.349 e. The first kappa shape index (κ1) is 18.7. The molecular formula is C22H28N4O2. The zero-order valence-corrected chi connectivity index (χ0v) is 16.2. The molecule has 0 radical (unpaired) electrons. The topological polar surface area (TPSA) is 78.1 Å². The SMILES string of the molecule is O=C(NCc1n[nH]c2c1CCCCC2)[C@@H]1CCCCN1C(=O)c1ccccc1. The molecule has 6 nitrogen and oxygen atoms in total. The number of amides is 2. The van der Waals surface area contributed by atoms with Gasteiger partial charge in [-0.1, -0.05) is 24.6 Å². The van der Waals surface area contributed by atoms with Gasteiger partial charge in [-0.3, -0.25) is 14.7 Å². The number of H-pyrrole nitrogens is 1. The van der Waals surface area contributed by atoms with Gasteiger partial charge >= 0.3 is 0 Å². The number of fused-ring (bicyclic) bond motifs is 1. The van der Waals surface area contributed by atoms with Crippen LogP contribution in [-0.2, 0) is 24.2 Å². The lowest BCUT2D eigenvalue weighted by atomic mass is 9.99. The quantitative estimate of drug-likeness (QED) is 0.801. The number of likely N-dealkylation sites (tertiary alicyclic amines) is 1. The highest BCUT2D eigenvalue weighted by atomic mass is 16.2. The number of rotatable bonds is 4. The maximum absolute atomic E-state index is 12.9. The number of aromatic amines is 1. The van der Waals surface area contributed by atoms with Crippen molar-refractivity contribution in [2.24, 2.45) is 0 Å². The molecule has 2 aromatic rings. The van der Waals surface area contributed by atoms with Gasteiger partial charge < -0.3 is 10.2 Å². The average molecular weight is 380 g/mol. The predicted molar refractivity (Wildman–Crippen MR) is 107 cm³/mol. The number of hydrogen-bond acceptors (Lipinski definition) is 3. The van der Waals surface area contributed by atoms with Crippen molar-refractivity contribution in [2.45, 2.75) is 64.0 Å². The van der Waals surface area contributed by atoms with Gasteiger partial charge in [-0.25, -0.2) is 0 Å². The lowest BCUT2D eigenvalue weighted by Gasteiger charge is -2.34. The number of piperidine rings is 1. The molecule has 1 aliphatic carbocycles. The van der Waals surface area contributed by atoms with Crippen LogP contribution in [0.25, 0.3) is 0 Å². The molecule has 2 N–H and O–H groups in total. The van der Waals surface area contributed by atoms with E-state index < -0.39 is 6.04 Å². The zero-order valence-electron chi connectivity index (χ0n) is 16.2. The van der Waals surface area contributed by atoms with E-state index in [1.54, 1.807) is 4.90 Å². The summed E-state index contributed by atoms with van der Waals surface area (Å²) in [6, 6.07) is 8.82. The van der Waals surface area contributed by atoms with Crippen LogP contribution in [0.4, 0.5) is 0 Å². The number of aromatic nitrogens is 2. The summed E-state index contributed by atoms with van der Waals surface area (Å²) < 4.78 is 0. The molecule has 148 valence electrons. The summed E-state index contributed by atoms with van der Waals surface area (Å²) in [5.41, 5.74) is 4.08. The van der Waals surface area contributed by atoms with Crippen molar-refractivity contribution in [1.82, 2.24) is 20.4 Å². The third-order valence-electron chi connectivity index (χ3n) is 5.91. The third-order valence-corrected chi connectivity index (χ3v) is 5.91. The highest BCUT2D eigenvalue weighted by molar-refractivity contribution is 5.97. The van der Waals surface area contributed by atoms with Gasteiger partial charge in [0.2, 0.25) is 5.91 Å². The minimum absolute atomic E-state index is 0.0610. The number of aryl methyl sites for hydroxylation is 1. The van der Waals surface area contributed by atoms with Crippen LogP contribution in [0.15, 0.2) is 30.3 Å². The Kier molecular flexibility index (Phi) is 5.74. The second-order valence-corrected chi connectivity index (χ2v) is 7.78. The van der Waals surface area contributed by atoms with E-state index in [-0.39, 0.29) is 11.8 Å². The Hall–Kier alpha value is -2.63. The van der Waals surface area contributed by atoms with Crippen molar-refractivity contribution in [1.29, 1.82) is 0 Å². The minimum atomic E-state index is -0.404. The van der Waals surface area contributed by atoms with Crippen LogP contribution in [0.5, 0.6) is 0 Å². The minimum Gasteiger partial charge on any atom is -0.349 e. The zero-order chi connectivity index (χ0) is 19.3. The molecule has 1 saturated heterocycles. The molecule has 0 bridgehead atoms. The van der Waals surface area contributed by atoms with Crippen LogP contribution in [0.2, 0.25) is 0 Å². The molecular weight excluding hydrogens is 352 g/mol. The molecule has 1 atom stereocenters. The van der Waals surface area contributed by atoms with E-state index in [2.05, 4.69) is 15.5 Å². The van der Waals surface area contributed by atoms with Gasteiger partial charge in [0, 0.05) is 17.8 Å². The normalized spacial score (nSPS) is 19.6. The van der Waals surface area contributed by atoms with E-state index in [1.165, 1.54) is 30.5 Å². The van der Waals surface area contributed by atoms with Gasteiger partial charge in [-0.15, -0.1) is 0 Å². The number of nitrogens with zero attached hydrogens (tertiary/aromatic N) is 2. The maximum atomic E-state index is 12.9. The van der Waals surface area contributed by atoms with Crippen LogP contribution >= 0.6 is 0 Å². The number of hydrogen-bond donors (Lipinski definition) is 2. The van der Waals surface area contributed by atoms with Gasteiger partial charge in [-0.2, -0.15) is 5.10 Å². The van der Waals surface area contributed by atoms with Crippen LogP contribution < -0.4 is 5.32 Å². The van der Waals surface area contributed by atoms with E-state index >= 15 is 0 Å². The fourth-order valence-corrected chi connectivity index (χ4v) is 4.36. The van der Waals surface area contributed by atoms with E-state index in [0.29, 0.717) is 25.1 Å². The molecule has 4 rings (SSSR count). The highest BCUT2D eigenvalue weighted by Crippen LogP contribution is 2.23. The number of carbonyl (C=O) groups excluding carboxylic acids is 2. The number of benzene rings is 1. The third kappa shape index (κ3) is 3.96. The van der Waals surface area contributed by atoms with Crippen LogP contribution in [0.3, 0.4) is 0 Å². The van der Waals surface area contributed by atoms with E-state index in [9.17, 15) is 9.59 Å². The Morgan fingerprint density at radius 1 is 1.07 bits per heavy atom. The summed E-state index contributed by atoms with van der Waals surface area (Å²) in [4.78, 5) is 27.6. The van der Waals surface area contributed by atoms with Crippen molar-refractivity contribution in [3.05, 3.63) is 52.8 Å². The maximum Gasteiger partial charge on any atom is 0.254 e. The first-order chi connectivity index (χ1) is 13.7. The molecule has 1 aromatic heterocycles. The Labute approximate surface area is 165 Å². The summed E-state index contributed by atoms with van der Waals surface area (Å²) in [5.74, 6) is -0.136. The lowest BCUT2D eigenvalue weighted by Crippen LogP contribution is -2.51. The molecule has 28 heavy (non-hydrogen) atoms. The van der Waals surface area contributed by atoms with Crippen molar-refractivity contribution < 1.29 is 9.59 Å². The van der Waals surface area contributed by atoms with Crippen LogP contribution in [0, 0.1) is 0 Å². The molecule has 0 saturated carbocycles. The van der Waals surface area contributed by atoms with Crippen molar-refractivity contribution in [3.8, 4) is 0 Å². The lowest BCUT2D eigenvalue weighted by molar-refractivity contribution is -0.126. The first-order valence-electron chi connectivity index (χ1n) is 10.4.